The van der Waals surface area contributed by atoms with Crippen molar-refractivity contribution in [2.45, 2.75) is 63.6 Å². The molecule has 10 nitrogen and oxygen atoms in total. The average Bonchev–Trinajstić information content (AvgIpc) is 3.29. The molecule has 0 saturated carbocycles. The van der Waals surface area contributed by atoms with Gasteiger partial charge in [-0.2, -0.15) is 0 Å². The lowest BCUT2D eigenvalue weighted by molar-refractivity contribution is -0.145. The standard InChI is InChI=1S/C30H37N5O5/c1-18(36)32-27-17-20-11-13-24-22(16-20)21-15-19(10-12-23(21)33-24)7-3-4-9-26(30(39)40-2)35-28(37)25(34-29(27)38)8-5-6-14-31/h3-4,10-13,15-16,25-27,33H,5-9,14,17,31H2,1-2H3,(H,32,36)(H,34,38)(H,35,37)/b4-3-/t25-,26-,27?/m0/s1. The summed E-state index contributed by atoms with van der Waals surface area (Å²) in [5.41, 5.74) is 9.57. The molecule has 4 rings (SSSR count). The Morgan fingerprint density at radius 1 is 0.975 bits per heavy atom. The van der Waals surface area contributed by atoms with Crippen LogP contribution in [0.4, 0.5) is 0 Å². The van der Waals surface area contributed by atoms with E-state index in [1.54, 1.807) is 0 Å². The highest BCUT2D eigenvalue weighted by molar-refractivity contribution is 6.07. The molecule has 2 heterocycles. The second-order valence-electron chi connectivity index (χ2n) is 10.2. The number of aromatic nitrogens is 1. The van der Waals surface area contributed by atoms with Gasteiger partial charge >= 0.3 is 5.97 Å². The molecule has 10 heteroatoms. The number of H-pyrrole nitrogens is 1. The summed E-state index contributed by atoms with van der Waals surface area (Å²) < 4.78 is 4.92. The molecule has 0 radical (unpaired) electrons. The molecule has 6 N–H and O–H groups in total. The number of carbonyl (C=O) groups is 4. The van der Waals surface area contributed by atoms with Gasteiger partial charge < -0.3 is 31.4 Å². The predicted molar refractivity (Wildman–Crippen MR) is 153 cm³/mol. The SMILES string of the molecule is COC(=O)[C@@H]1C/C=C\Cc2ccc3[nH]c4ccc(cc4c3c2)CC(NC(C)=O)C(=O)N[C@@H](CCCCN)C(=O)N1. The summed E-state index contributed by atoms with van der Waals surface area (Å²) in [7, 11) is 1.27. The molecule has 0 saturated heterocycles. The number of fused-ring (bicyclic) bond motifs is 2. The number of rotatable bonds is 6. The number of amides is 3. The van der Waals surface area contributed by atoms with Crippen LogP contribution in [0.1, 0.15) is 43.7 Å². The van der Waals surface area contributed by atoms with Gasteiger partial charge in [-0.15, -0.1) is 0 Å². The van der Waals surface area contributed by atoms with Crippen molar-refractivity contribution in [2.24, 2.45) is 5.73 Å². The summed E-state index contributed by atoms with van der Waals surface area (Å²) in [6.45, 7) is 1.80. The molecule has 0 fully saturated rings. The van der Waals surface area contributed by atoms with Crippen LogP contribution >= 0.6 is 0 Å². The molecular formula is C30H37N5O5. The molecule has 3 atom stereocenters. The Kier molecular flexibility index (Phi) is 9.55. The summed E-state index contributed by atoms with van der Waals surface area (Å²) >= 11 is 0. The third kappa shape index (κ3) is 7.06. The van der Waals surface area contributed by atoms with Crippen molar-refractivity contribution in [2.75, 3.05) is 13.7 Å². The maximum Gasteiger partial charge on any atom is 0.328 e. The summed E-state index contributed by atoms with van der Waals surface area (Å²) in [6, 6.07) is 9.39. The normalized spacial score (nSPS) is 21.1. The Labute approximate surface area is 233 Å². The molecule has 1 aliphatic heterocycles. The van der Waals surface area contributed by atoms with Crippen LogP contribution in [0.25, 0.3) is 21.8 Å². The van der Waals surface area contributed by atoms with Crippen LogP contribution in [0.15, 0.2) is 48.6 Å². The number of esters is 1. The first-order chi connectivity index (χ1) is 19.3. The van der Waals surface area contributed by atoms with Gasteiger partial charge in [0, 0.05) is 35.2 Å². The Balaban J connectivity index is 1.74. The average molecular weight is 548 g/mol. The third-order valence-corrected chi connectivity index (χ3v) is 7.14. The first kappa shape index (κ1) is 28.8. The fourth-order valence-corrected chi connectivity index (χ4v) is 5.05. The monoisotopic (exact) mass is 547 g/mol. The van der Waals surface area contributed by atoms with E-state index in [4.69, 9.17) is 10.5 Å². The number of hydrogen-bond acceptors (Lipinski definition) is 6. The fourth-order valence-electron chi connectivity index (χ4n) is 5.05. The van der Waals surface area contributed by atoms with Crippen LogP contribution in [0.2, 0.25) is 0 Å². The Morgan fingerprint density at radius 2 is 1.68 bits per heavy atom. The van der Waals surface area contributed by atoms with Crippen molar-refractivity contribution in [3.63, 3.8) is 0 Å². The number of methoxy groups -OCH3 is 1. The summed E-state index contributed by atoms with van der Waals surface area (Å²) in [4.78, 5) is 54.8. The molecule has 1 aromatic heterocycles. The zero-order valence-corrected chi connectivity index (χ0v) is 22.9. The Bertz CT molecular complexity index is 1430. The van der Waals surface area contributed by atoms with Crippen molar-refractivity contribution in [3.05, 3.63) is 59.7 Å². The van der Waals surface area contributed by atoms with Gasteiger partial charge in [-0.05, 0) is 74.0 Å². The van der Waals surface area contributed by atoms with Crippen molar-refractivity contribution in [1.29, 1.82) is 0 Å². The van der Waals surface area contributed by atoms with Crippen LogP contribution in [0.3, 0.4) is 0 Å². The summed E-state index contributed by atoms with van der Waals surface area (Å²) in [6.07, 6.45) is 6.51. The number of unbranched alkanes of at least 4 members (excludes halogenated alkanes) is 1. The maximum absolute atomic E-state index is 13.5. The van der Waals surface area contributed by atoms with Crippen LogP contribution < -0.4 is 21.7 Å². The van der Waals surface area contributed by atoms with Gasteiger partial charge in [0.05, 0.1) is 7.11 Å². The van der Waals surface area contributed by atoms with Crippen molar-refractivity contribution in [1.82, 2.24) is 20.9 Å². The van der Waals surface area contributed by atoms with E-state index in [1.807, 2.05) is 42.5 Å². The van der Waals surface area contributed by atoms with Gasteiger partial charge in [-0.25, -0.2) is 4.79 Å². The lowest BCUT2D eigenvalue weighted by Gasteiger charge is -2.24. The van der Waals surface area contributed by atoms with Gasteiger partial charge in [0.25, 0.3) is 0 Å². The van der Waals surface area contributed by atoms with Gasteiger partial charge in [-0.1, -0.05) is 24.3 Å². The molecular weight excluding hydrogens is 510 g/mol. The minimum Gasteiger partial charge on any atom is -0.467 e. The lowest BCUT2D eigenvalue weighted by Crippen LogP contribution is -2.56. The van der Waals surface area contributed by atoms with Gasteiger partial charge in [0.15, 0.2) is 0 Å². The highest BCUT2D eigenvalue weighted by Crippen LogP contribution is 2.28. The number of allylic oxidation sites excluding steroid dienone is 1. The summed E-state index contributed by atoms with van der Waals surface area (Å²) in [5.74, 6) is -1.92. The molecule has 1 aliphatic rings. The van der Waals surface area contributed by atoms with E-state index in [2.05, 4.69) is 27.0 Å². The van der Waals surface area contributed by atoms with Crippen LogP contribution in [0, 0.1) is 0 Å². The van der Waals surface area contributed by atoms with Crippen LogP contribution in [-0.2, 0) is 36.8 Å². The van der Waals surface area contributed by atoms with Crippen molar-refractivity contribution < 1.29 is 23.9 Å². The maximum atomic E-state index is 13.5. The van der Waals surface area contributed by atoms with Gasteiger partial charge in [0.2, 0.25) is 17.7 Å². The van der Waals surface area contributed by atoms with Crippen LogP contribution in [-0.4, -0.2) is 60.5 Å². The molecule has 1 unspecified atom stereocenters. The minimum atomic E-state index is -0.920. The summed E-state index contributed by atoms with van der Waals surface area (Å²) in [5, 5.41) is 10.4. The second kappa shape index (κ2) is 13.3. The minimum absolute atomic E-state index is 0.231. The molecule has 3 aromatic rings. The van der Waals surface area contributed by atoms with Crippen molar-refractivity contribution >= 4 is 45.5 Å². The van der Waals surface area contributed by atoms with Crippen LogP contribution in [0.5, 0.6) is 0 Å². The Morgan fingerprint density at radius 3 is 2.35 bits per heavy atom. The molecule has 40 heavy (non-hydrogen) atoms. The number of nitrogens with one attached hydrogen (secondary N) is 4. The largest absolute Gasteiger partial charge is 0.467 e. The number of benzene rings is 2. The lowest BCUT2D eigenvalue weighted by atomic mass is 10.00. The molecule has 4 bridgehead atoms. The van der Waals surface area contributed by atoms with E-state index < -0.39 is 35.9 Å². The highest BCUT2D eigenvalue weighted by Gasteiger charge is 2.29. The van der Waals surface area contributed by atoms with E-state index in [9.17, 15) is 19.2 Å². The molecule has 2 aromatic carbocycles. The van der Waals surface area contributed by atoms with Crippen molar-refractivity contribution in [3.8, 4) is 0 Å². The van der Waals surface area contributed by atoms with E-state index in [1.165, 1.54) is 14.0 Å². The predicted octanol–water partition coefficient (Wildman–Crippen LogP) is 2.14. The molecule has 0 aliphatic carbocycles. The van der Waals surface area contributed by atoms with Gasteiger partial charge in [-0.3, -0.25) is 14.4 Å². The molecule has 3 amide bonds. The zero-order valence-electron chi connectivity index (χ0n) is 22.9. The van der Waals surface area contributed by atoms with E-state index in [0.29, 0.717) is 32.2 Å². The third-order valence-electron chi connectivity index (χ3n) is 7.14. The quantitative estimate of drug-likeness (QED) is 0.181. The topological polar surface area (TPSA) is 155 Å². The molecule has 212 valence electrons. The second-order valence-corrected chi connectivity index (χ2v) is 10.2. The molecule has 0 spiro atoms. The first-order valence-electron chi connectivity index (χ1n) is 13.6. The number of carbonyl (C=O) groups excluding carboxylic acids is 4. The van der Waals surface area contributed by atoms with E-state index in [-0.39, 0.29) is 18.7 Å². The smallest absolute Gasteiger partial charge is 0.328 e. The number of hydrogen-bond donors (Lipinski definition) is 5. The van der Waals surface area contributed by atoms with E-state index >= 15 is 0 Å². The number of ether oxygens (including phenoxy) is 1. The first-order valence-corrected chi connectivity index (χ1v) is 13.6. The van der Waals surface area contributed by atoms with E-state index in [0.717, 1.165) is 32.9 Å². The number of aromatic amines is 1. The fraction of sp³-hybridized carbons (Fsp3) is 0.400. The van der Waals surface area contributed by atoms with Gasteiger partial charge in [0.1, 0.15) is 18.1 Å². The zero-order chi connectivity index (χ0) is 28.6. The highest BCUT2D eigenvalue weighted by atomic mass is 16.5. The number of nitrogens with two attached hydrogens (primary N) is 1. The Hall–Kier alpha value is -4.18.